The molecule has 7 rings (SSSR count). The van der Waals surface area contributed by atoms with Crippen molar-refractivity contribution >= 4 is 58.0 Å². The number of hydrogen-bond donors (Lipinski definition) is 4. The van der Waals surface area contributed by atoms with Crippen molar-refractivity contribution in [3.05, 3.63) is 74.8 Å². The number of nitrogens with zero attached hydrogens (tertiary/aromatic N) is 10. The van der Waals surface area contributed by atoms with Gasteiger partial charge in [-0.15, -0.1) is 4.90 Å². The molecule has 5 heterocycles. The summed E-state index contributed by atoms with van der Waals surface area (Å²) in [5, 5.41) is 19.5. The predicted octanol–water partition coefficient (Wildman–Crippen LogP) is 6.97. The number of rotatable bonds is 5. The van der Waals surface area contributed by atoms with Crippen LogP contribution in [0, 0.1) is 19.1 Å². The summed E-state index contributed by atoms with van der Waals surface area (Å²) in [6.45, 7) is 29.9. The van der Waals surface area contributed by atoms with Crippen LogP contribution in [0.1, 0.15) is 99.6 Å². The molecule has 6 atom stereocenters. The number of carbonyl (C=O) groups is 2. The summed E-state index contributed by atoms with van der Waals surface area (Å²) in [5.74, 6) is -0.657. The molecule has 0 radical (unpaired) electrons. The van der Waals surface area contributed by atoms with E-state index in [1.54, 1.807) is 46.1 Å². The minimum Gasteiger partial charge on any atom is -0.443 e. The standard InChI is InChI=1S/C25H32ClFN6O4.C13H13FN6O3.C4H8O/c1-10-25(28-9)14(2)11-16(15(25)12-27)32-13-29-17-18(26)30-20(31-19(17)32)33(21(34)36-23(3,4)5)22(35)37-24(6,7)8;1-16-13(4-21)6(3-14)7(2-8(13)22)20-5-17-9-10(20)18-12(15)19-11(9)23;1-2-4-5-3-1/h12-14,16H,10-11H2,1-8H3;3,5,7-8,21-22H,2,4H2,(H3,15,18,19,23);1-4H2/b15-12-;6-3-;/t14-,16-,25-;7-,8-,13+;/m00./s1. The van der Waals surface area contributed by atoms with Gasteiger partial charge in [-0.1, -0.05) is 25.4 Å². The number of nitrogens with one attached hydrogen (secondary N) is 1. The molecule has 20 nitrogen and oxygen atoms in total. The molecule has 5 N–H and O–H groups in total. The number of H-pyrrole nitrogens is 1. The lowest BCUT2D eigenvalue weighted by Crippen LogP contribution is -2.44. The van der Waals surface area contributed by atoms with Gasteiger partial charge < -0.3 is 44.1 Å². The van der Waals surface area contributed by atoms with Gasteiger partial charge in [0.25, 0.3) is 11.1 Å². The van der Waals surface area contributed by atoms with Crippen LogP contribution in [-0.4, -0.2) is 110 Å². The third-order valence-electron chi connectivity index (χ3n) is 11.2. The quantitative estimate of drug-likeness (QED) is 0.117. The fourth-order valence-electron chi connectivity index (χ4n) is 8.02. The Bertz CT molecular complexity index is 2580. The summed E-state index contributed by atoms with van der Waals surface area (Å²) in [7, 11) is 0. The molecular formula is C42H53ClF2N12O8. The second kappa shape index (κ2) is 19.6. The lowest BCUT2D eigenvalue weighted by atomic mass is 9.84. The molecule has 0 unspecified atom stereocenters. The van der Waals surface area contributed by atoms with Gasteiger partial charge in [-0.25, -0.2) is 41.5 Å². The second-order valence-electron chi connectivity index (χ2n) is 17.7. The number of anilines is 2. The van der Waals surface area contributed by atoms with Gasteiger partial charge in [-0.05, 0) is 60.8 Å². The Morgan fingerprint density at radius 1 is 0.954 bits per heavy atom. The lowest BCUT2D eigenvalue weighted by Gasteiger charge is -2.27. The largest absolute Gasteiger partial charge is 0.443 e. The summed E-state index contributed by atoms with van der Waals surface area (Å²) in [6.07, 6.45) is 3.43. The number of nitrogen functional groups attached to an aromatic ring is 1. The zero-order valence-corrected chi connectivity index (χ0v) is 38.1. The number of aromatic nitrogens is 8. The molecule has 3 fully saturated rings. The number of carbonyl (C=O) groups excluding carboxylic acids is 2. The molecular weight excluding hydrogens is 874 g/mol. The molecule has 23 heteroatoms. The number of aliphatic hydroxyl groups excluding tert-OH is 2. The van der Waals surface area contributed by atoms with E-state index < -0.39 is 64.8 Å². The Balaban J connectivity index is 0.000000238. The summed E-state index contributed by atoms with van der Waals surface area (Å²) in [4.78, 5) is 68.7. The first-order valence-corrected chi connectivity index (χ1v) is 21.1. The number of aromatic amines is 1. The van der Waals surface area contributed by atoms with Crippen molar-refractivity contribution in [3.8, 4) is 0 Å². The van der Waals surface area contributed by atoms with Crippen LogP contribution in [0.2, 0.25) is 5.15 Å². The van der Waals surface area contributed by atoms with Gasteiger partial charge in [0, 0.05) is 32.0 Å². The average molecular weight is 927 g/mol. The van der Waals surface area contributed by atoms with E-state index in [0.29, 0.717) is 29.6 Å². The Morgan fingerprint density at radius 2 is 1.46 bits per heavy atom. The van der Waals surface area contributed by atoms with Crippen molar-refractivity contribution in [2.24, 2.45) is 5.92 Å². The van der Waals surface area contributed by atoms with E-state index in [9.17, 15) is 33.4 Å². The number of ether oxygens (including phenoxy) is 3. The summed E-state index contributed by atoms with van der Waals surface area (Å²) in [5.41, 5.74) is 1.04. The lowest BCUT2D eigenvalue weighted by molar-refractivity contribution is 0.0427. The number of nitrogens with two attached hydrogens (primary N) is 1. The zero-order valence-electron chi connectivity index (χ0n) is 37.3. The molecule has 3 aliphatic rings. The van der Waals surface area contributed by atoms with Gasteiger partial charge in [0.15, 0.2) is 22.0 Å². The van der Waals surface area contributed by atoms with E-state index in [4.69, 9.17) is 44.7 Å². The Kier molecular flexibility index (Phi) is 15.0. The van der Waals surface area contributed by atoms with E-state index in [1.165, 1.54) is 30.1 Å². The van der Waals surface area contributed by atoms with Crippen molar-refractivity contribution in [1.29, 1.82) is 0 Å². The first-order valence-electron chi connectivity index (χ1n) is 20.7. The number of imidazole rings is 2. The molecule has 2 saturated carbocycles. The van der Waals surface area contributed by atoms with Crippen LogP contribution >= 0.6 is 11.6 Å². The van der Waals surface area contributed by atoms with E-state index in [0.717, 1.165) is 13.2 Å². The molecule has 65 heavy (non-hydrogen) atoms. The number of halogens is 3. The average Bonchev–Trinajstić information content (AvgIpc) is 4.07. The Hall–Kier alpha value is -6.07. The van der Waals surface area contributed by atoms with Gasteiger partial charge in [-0.3, -0.25) is 14.6 Å². The molecule has 1 saturated heterocycles. The van der Waals surface area contributed by atoms with E-state index in [-0.39, 0.29) is 63.6 Å². The summed E-state index contributed by atoms with van der Waals surface area (Å²) < 4.78 is 46.5. The third-order valence-corrected chi connectivity index (χ3v) is 11.5. The second-order valence-corrected chi connectivity index (χ2v) is 18.0. The van der Waals surface area contributed by atoms with Crippen LogP contribution < -0.4 is 16.2 Å². The van der Waals surface area contributed by atoms with Gasteiger partial charge in [0.1, 0.15) is 29.4 Å². The third kappa shape index (κ3) is 9.95. The van der Waals surface area contributed by atoms with Crippen molar-refractivity contribution in [1.82, 2.24) is 39.0 Å². The van der Waals surface area contributed by atoms with Crippen LogP contribution in [0.3, 0.4) is 0 Å². The smallest absolute Gasteiger partial charge is 0.427 e. The molecule has 0 bridgehead atoms. The molecule has 0 aromatic carbocycles. The van der Waals surface area contributed by atoms with Crippen LogP contribution in [0.4, 0.5) is 30.3 Å². The fraction of sp³-hybridized carbons (Fsp3) is 0.571. The summed E-state index contributed by atoms with van der Waals surface area (Å²) in [6, 6.07) is -1.38. The first kappa shape index (κ1) is 49.9. The van der Waals surface area contributed by atoms with Crippen molar-refractivity contribution in [3.63, 3.8) is 0 Å². The Morgan fingerprint density at radius 3 is 1.92 bits per heavy atom. The highest BCUT2D eigenvalue weighted by molar-refractivity contribution is 6.33. The highest BCUT2D eigenvalue weighted by Crippen LogP contribution is 2.52. The number of amides is 2. The minimum absolute atomic E-state index is 0.0104. The first-order chi connectivity index (χ1) is 30.6. The maximum atomic E-state index is 14.3. The minimum atomic E-state index is -1.76. The highest BCUT2D eigenvalue weighted by Gasteiger charge is 2.59. The topological polar surface area (TPSA) is 247 Å². The maximum absolute atomic E-state index is 14.3. The molecule has 2 aliphatic carbocycles. The maximum Gasteiger partial charge on any atom is 0.427 e. The van der Waals surface area contributed by atoms with Crippen LogP contribution in [-0.2, 0) is 14.2 Å². The molecule has 4 aromatic heterocycles. The van der Waals surface area contributed by atoms with Crippen LogP contribution in [0.15, 0.2) is 41.3 Å². The van der Waals surface area contributed by atoms with E-state index >= 15 is 0 Å². The van der Waals surface area contributed by atoms with Gasteiger partial charge in [-0.2, -0.15) is 15.0 Å². The SMILES string of the molecule is C1CCOC1.[C-]#[N+][C@]1(CC)/C(=C\F)[C@@H](n2cnc3c(Cl)nc(N(C(=O)OC(C)(C)C)C(=O)OC(C)(C)C)nc32)C[C@@H]1C.[C-]#[N+][C@]1(CO)/C(=C\F)[C@@H](n2cnc3c(=O)[nH]c(N)nc32)C[C@@H]1O. The monoisotopic (exact) mass is 926 g/mol. The van der Waals surface area contributed by atoms with Crippen molar-refractivity contribution in [2.75, 3.05) is 30.5 Å². The van der Waals surface area contributed by atoms with Crippen molar-refractivity contribution in [2.45, 2.75) is 128 Å². The summed E-state index contributed by atoms with van der Waals surface area (Å²) >= 11 is 6.42. The van der Waals surface area contributed by atoms with Crippen molar-refractivity contribution < 1.29 is 42.8 Å². The molecule has 4 aromatic rings. The molecule has 350 valence electrons. The van der Waals surface area contributed by atoms with E-state index in [1.807, 2.05) is 13.8 Å². The number of hydrogen-bond acceptors (Lipinski definition) is 14. The highest BCUT2D eigenvalue weighted by atomic mass is 35.5. The fourth-order valence-corrected chi connectivity index (χ4v) is 8.23. The van der Waals surface area contributed by atoms with E-state index in [2.05, 4.69) is 39.6 Å². The number of fused-ring (bicyclic) bond motifs is 2. The zero-order chi connectivity index (χ0) is 48.2. The van der Waals surface area contributed by atoms with Crippen LogP contribution in [0.25, 0.3) is 32.0 Å². The van der Waals surface area contributed by atoms with Gasteiger partial charge in [0.05, 0.1) is 48.5 Å². The van der Waals surface area contributed by atoms with Gasteiger partial charge in [0.2, 0.25) is 11.9 Å². The van der Waals surface area contributed by atoms with Gasteiger partial charge >= 0.3 is 17.7 Å². The molecule has 2 amide bonds. The molecule has 0 spiro atoms. The number of aliphatic hydroxyl groups is 2. The number of imide groups is 1. The van der Waals surface area contributed by atoms with Crippen LogP contribution in [0.5, 0.6) is 0 Å². The predicted molar refractivity (Wildman–Crippen MR) is 235 cm³/mol. The Labute approximate surface area is 378 Å². The molecule has 1 aliphatic heterocycles. The normalized spacial score (nSPS) is 25.4.